The number of carbonyl (C=O) groups excluding carboxylic acids is 3. The summed E-state index contributed by atoms with van der Waals surface area (Å²) >= 11 is 0. The molecule has 1 aliphatic rings. The summed E-state index contributed by atoms with van der Waals surface area (Å²) in [5.41, 5.74) is 2.64. The van der Waals surface area contributed by atoms with Crippen molar-refractivity contribution in [1.29, 1.82) is 0 Å². The van der Waals surface area contributed by atoms with Crippen LogP contribution in [0.1, 0.15) is 39.1 Å². The van der Waals surface area contributed by atoms with Crippen LogP contribution >= 0.6 is 0 Å². The molecule has 3 amide bonds. The molecular weight excluding hydrogens is 330 g/mol. The van der Waals surface area contributed by atoms with Crippen LogP contribution in [0, 0.1) is 12.8 Å². The van der Waals surface area contributed by atoms with Crippen LogP contribution in [0.2, 0.25) is 0 Å². The van der Waals surface area contributed by atoms with E-state index >= 15 is 0 Å². The fourth-order valence-corrected chi connectivity index (χ4v) is 2.72. The van der Waals surface area contributed by atoms with E-state index in [1.54, 1.807) is 43.4 Å². The summed E-state index contributed by atoms with van der Waals surface area (Å²) in [7, 11) is 1.55. The van der Waals surface area contributed by atoms with E-state index in [-0.39, 0.29) is 23.6 Å². The van der Waals surface area contributed by atoms with Crippen molar-refractivity contribution < 1.29 is 14.4 Å². The number of carbonyl (C=O) groups is 3. The molecule has 26 heavy (non-hydrogen) atoms. The lowest BCUT2D eigenvalue weighted by atomic mass is 10.1. The molecular formula is C20H21N3O3. The minimum atomic E-state index is -0.344. The van der Waals surface area contributed by atoms with E-state index in [9.17, 15) is 14.4 Å². The highest BCUT2D eigenvalue weighted by atomic mass is 16.2. The largest absolute Gasteiger partial charge is 0.355 e. The second-order valence-electron chi connectivity index (χ2n) is 6.38. The Hall–Kier alpha value is -3.15. The number of aryl methyl sites for hydroxylation is 1. The van der Waals surface area contributed by atoms with Gasteiger partial charge in [-0.05, 0) is 49.6 Å². The van der Waals surface area contributed by atoms with Crippen molar-refractivity contribution in [3.8, 4) is 0 Å². The summed E-state index contributed by atoms with van der Waals surface area (Å²) in [6.07, 6.45) is 1.84. The maximum Gasteiger partial charge on any atom is 0.255 e. The molecule has 134 valence electrons. The van der Waals surface area contributed by atoms with Gasteiger partial charge in [0.25, 0.3) is 11.8 Å². The molecule has 6 nitrogen and oxygen atoms in total. The van der Waals surface area contributed by atoms with Crippen molar-refractivity contribution in [2.45, 2.75) is 19.8 Å². The van der Waals surface area contributed by atoms with Gasteiger partial charge in [-0.25, -0.2) is 0 Å². The lowest BCUT2D eigenvalue weighted by Crippen LogP contribution is -2.22. The van der Waals surface area contributed by atoms with E-state index < -0.39 is 0 Å². The number of amides is 3. The Balaban J connectivity index is 1.79. The Labute approximate surface area is 152 Å². The van der Waals surface area contributed by atoms with Crippen molar-refractivity contribution in [3.63, 3.8) is 0 Å². The molecule has 1 saturated carbocycles. The highest BCUT2D eigenvalue weighted by Gasteiger charge is 2.29. The standard InChI is InChI=1S/C20H21N3O3/c1-12-5-3-8-16(17(12)20(26)21-2)23-19(25)14-6-4-7-15(11-14)22-18(24)13-9-10-13/h3-8,11,13H,9-10H2,1-2H3,(H,21,26)(H,22,24)(H,23,25). The van der Waals surface area contributed by atoms with Crippen LogP contribution in [-0.4, -0.2) is 24.8 Å². The molecule has 0 aliphatic heterocycles. The topological polar surface area (TPSA) is 87.3 Å². The number of hydrogen-bond acceptors (Lipinski definition) is 3. The Morgan fingerprint density at radius 3 is 2.38 bits per heavy atom. The molecule has 0 unspecified atom stereocenters. The molecule has 3 N–H and O–H groups in total. The van der Waals surface area contributed by atoms with Gasteiger partial charge in [0.15, 0.2) is 0 Å². The highest BCUT2D eigenvalue weighted by molar-refractivity contribution is 6.10. The first-order chi connectivity index (χ1) is 12.5. The maximum absolute atomic E-state index is 12.6. The number of benzene rings is 2. The predicted molar refractivity (Wildman–Crippen MR) is 100 cm³/mol. The molecule has 0 bridgehead atoms. The van der Waals surface area contributed by atoms with E-state index in [0.29, 0.717) is 22.5 Å². The van der Waals surface area contributed by atoms with Gasteiger partial charge in [0.05, 0.1) is 11.3 Å². The van der Waals surface area contributed by atoms with Gasteiger partial charge < -0.3 is 16.0 Å². The predicted octanol–water partition coefficient (Wildman–Crippen LogP) is 2.96. The van der Waals surface area contributed by atoms with Crippen molar-refractivity contribution >= 4 is 29.1 Å². The van der Waals surface area contributed by atoms with Crippen molar-refractivity contribution in [2.75, 3.05) is 17.7 Å². The molecule has 2 aromatic carbocycles. The highest BCUT2D eigenvalue weighted by Crippen LogP contribution is 2.30. The van der Waals surface area contributed by atoms with Crippen LogP contribution in [0.4, 0.5) is 11.4 Å². The molecule has 0 aromatic heterocycles. The van der Waals surface area contributed by atoms with Gasteiger partial charge in [-0.2, -0.15) is 0 Å². The zero-order valence-electron chi connectivity index (χ0n) is 14.8. The first-order valence-corrected chi connectivity index (χ1v) is 8.53. The van der Waals surface area contributed by atoms with Crippen molar-refractivity contribution in [3.05, 3.63) is 59.2 Å². The Morgan fingerprint density at radius 1 is 0.962 bits per heavy atom. The Bertz CT molecular complexity index is 872. The first-order valence-electron chi connectivity index (χ1n) is 8.53. The van der Waals surface area contributed by atoms with Crippen LogP contribution in [0.5, 0.6) is 0 Å². The molecule has 0 spiro atoms. The molecule has 0 heterocycles. The van der Waals surface area contributed by atoms with Crippen LogP contribution in [0.15, 0.2) is 42.5 Å². The van der Waals surface area contributed by atoms with Crippen LogP contribution in [0.25, 0.3) is 0 Å². The van der Waals surface area contributed by atoms with Crippen LogP contribution < -0.4 is 16.0 Å². The molecule has 6 heteroatoms. The van der Waals surface area contributed by atoms with Gasteiger partial charge in [0.2, 0.25) is 5.91 Å². The van der Waals surface area contributed by atoms with Crippen LogP contribution in [0.3, 0.4) is 0 Å². The third-order valence-corrected chi connectivity index (χ3v) is 4.32. The molecule has 0 atom stereocenters. The molecule has 1 aliphatic carbocycles. The number of anilines is 2. The number of rotatable bonds is 5. The Morgan fingerprint density at radius 2 is 1.69 bits per heavy atom. The van der Waals surface area contributed by atoms with E-state index in [2.05, 4.69) is 16.0 Å². The van der Waals surface area contributed by atoms with Gasteiger partial charge in [-0.15, -0.1) is 0 Å². The van der Waals surface area contributed by atoms with Crippen molar-refractivity contribution in [1.82, 2.24) is 5.32 Å². The molecule has 0 saturated heterocycles. The van der Waals surface area contributed by atoms with Crippen molar-refractivity contribution in [2.24, 2.45) is 5.92 Å². The normalized spacial score (nSPS) is 13.0. The second kappa shape index (κ2) is 7.39. The molecule has 0 radical (unpaired) electrons. The third-order valence-electron chi connectivity index (χ3n) is 4.32. The summed E-state index contributed by atoms with van der Waals surface area (Å²) < 4.78 is 0. The average Bonchev–Trinajstić information content (AvgIpc) is 3.47. The van der Waals surface area contributed by atoms with Gasteiger partial charge in [-0.1, -0.05) is 18.2 Å². The second-order valence-corrected chi connectivity index (χ2v) is 6.38. The van der Waals surface area contributed by atoms with Gasteiger partial charge in [0, 0.05) is 24.2 Å². The minimum absolute atomic E-state index is 0.0110. The van der Waals surface area contributed by atoms with E-state index in [0.717, 1.165) is 18.4 Å². The number of hydrogen-bond donors (Lipinski definition) is 3. The third kappa shape index (κ3) is 3.91. The summed E-state index contributed by atoms with van der Waals surface area (Å²) in [4.78, 5) is 36.6. The summed E-state index contributed by atoms with van der Waals surface area (Å²) in [5.74, 6) is -0.523. The van der Waals surface area contributed by atoms with E-state index in [1.807, 2.05) is 13.0 Å². The lowest BCUT2D eigenvalue weighted by Gasteiger charge is -2.13. The smallest absolute Gasteiger partial charge is 0.255 e. The van der Waals surface area contributed by atoms with Gasteiger partial charge >= 0.3 is 0 Å². The van der Waals surface area contributed by atoms with Gasteiger partial charge in [0.1, 0.15) is 0 Å². The van der Waals surface area contributed by atoms with Crippen LogP contribution in [-0.2, 0) is 4.79 Å². The average molecular weight is 351 g/mol. The quantitative estimate of drug-likeness (QED) is 0.774. The van der Waals surface area contributed by atoms with E-state index in [4.69, 9.17) is 0 Å². The first kappa shape index (κ1) is 17.7. The molecule has 3 rings (SSSR count). The maximum atomic E-state index is 12.6. The monoisotopic (exact) mass is 351 g/mol. The van der Waals surface area contributed by atoms with Gasteiger partial charge in [-0.3, -0.25) is 14.4 Å². The SMILES string of the molecule is CNC(=O)c1c(C)cccc1NC(=O)c1cccc(NC(=O)C2CC2)c1. The summed E-state index contributed by atoms with van der Waals surface area (Å²) in [6.45, 7) is 1.81. The fourth-order valence-electron chi connectivity index (χ4n) is 2.72. The zero-order chi connectivity index (χ0) is 18.7. The fraction of sp³-hybridized carbons (Fsp3) is 0.250. The minimum Gasteiger partial charge on any atom is -0.355 e. The summed E-state index contributed by atoms with van der Waals surface area (Å²) in [6, 6.07) is 12.0. The molecule has 2 aromatic rings. The zero-order valence-corrected chi connectivity index (χ0v) is 14.8. The number of nitrogens with one attached hydrogen (secondary N) is 3. The lowest BCUT2D eigenvalue weighted by molar-refractivity contribution is -0.117. The van der Waals surface area contributed by atoms with E-state index in [1.165, 1.54) is 0 Å². The Kier molecular flexibility index (Phi) is 5.02. The molecule has 1 fully saturated rings. The summed E-state index contributed by atoms with van der Waals surface area (Å²) in [5, 5.41) is 8.20.